The number of amides is 2. The van der Waals surface area contributed by atoms with Crippen LogP contribution in [0.3, 0.4) is 0 Å². The number of aliphatic carboxylic acids is 2. The standard InChI is InChI=1S/C22H25N3O7/c23-16(10-13-4-2-1-3-5-13)20(29)24-17(12-19(27)28)21(30)25-18(22(31)32)11-14-6-8-15(26)9-7-14/h1-9,16-18,26H,10-12,23H2,(H,24,29)(H,25,30)(H,27,28)(H,31,32). The largest absolute Gasteiger partial charge is 0.508 e. The number of nitrogens with two attached hydrogens (primary N) is 1. The molecule has 0 saturated carbocycles. The summed E-state index contributed by atoms with van der Waals surface area (Å²) >= 11 is 0. The summed E-state index contributed by atoms with van der Waals surface area (Å²) in [5.74, 6) is -4.39. The van der Waals surface area contributed by atoms with Gasteiger partial charge in [-0.1, -0.05) is 42.5 Å². The van der Waals surface area contributed by atoms with E-state index in [1.807, 2.05) is 0 Å². The minimum absolute atomic E-state index is 0.000682. The lowest BCUT2D eigenvalue weighted by molar-refractivity contribution is -0.143. The fourth-order valence-electron chi connectivity index (χ4n) is 2.96. The Bertz CT molecular complexity index is 948. The first kappa shape index (κ1) is 24.4. The van der Waals surface area contributed by atoms with E-state index in [1.165, 1.54) is 24.3 Å². The Balaban J connectivity index is 2.06. The lowest BCUT2D eigenvalue weighted by atomic mass is 10.0. The van der Waals surface area contributed by atoms with Crippen LogP contribution in [0.1, 0.15) is 17.5 Å². The lowest BCUT2D eigenvalue weighted by Crippen LogP contribution is -2.55. The Morgan fingerprint density at radius 3 is 1.91 bits per heavy atom. The predicted molar refractivity (Wildman–Crippen MR) is 114 cm³/mol. The van der Waals surface area contributed by atoms with Gasteiger partial charge in [0, 0.05) is 6.42 Å². The first-order valence-corrected chi connectivity index (χ1v) is 9.78. The minimum atomic E-state index is -1.51. The van der Waals surface area contributed by atoms with Gasteiger partial charge in [0.15, 0.2) is 0 Å². The van der Waals surface area contributed by atoms with Crippen LogP contribution in [0.2, 0.25) is 0 Å². The number of carbonyl (C=O) groups is 4. The van der Waals surface area contributed by atoms with Gasteiger partial charge < -0.3 is 31.7 Å². The summed E-state index contributed by atoms with van der Waals surface area (Å²) in [4.78, 5) is 47.9. The van der Waals surface area contributed by atoms with Crippen LogP contribution in [0.4, 0.5) is 0 Å². The normalized spacial score (nSPS) is 13.4. The van der Waals surface area contributed by atoms with Gasteiger partial charge in [0.25, 0.3) is 0 Å². The first-order valence-electron chi connectivity index (χ1n) is 9.78. The quantitative estimate of drug-likeness (QED) is 0.281. The zero-order chi connectivity index (χ0) is 23.7. The highest BCUT2D eigenvalue weighted by molar-refractivity contribution is 5.94. The summed E-state index contributed by atoms with van der Waals surface area (Å²) in [5, 5.41) is 32.5. The number of benzene rings is 2. The SMILES string of the molecule is NC(Cc1ccccc1)C(=O)NC(CC(=O)O)C(=O)NC(Cc1ccc(O)cc1)C(=O)O. The van der Waals surface area contributed by atoms with Crippen LogP contribution in [0.5, 0.6) is 5.75 Å². The summed E-state index contributed by atoms with van der Waals surface area (Å²) < 4.78 is 0. The Labute approximate surface area is 184 Å². The highest BCUT2D eigenvalue weighted by atomic mass is 16.4. The van der Waals surface area contributed by atoms with Crippen LogP contribution in [-0.2, 0) is 32.0 Å². The maximum absolute atomic E-state index is 12.6. The van der Waals surface area contributed by atoms with E-state index in [0.717, 1.165) is 5.56 Å². The van der Waals surface area contributed by atoms with Crippen LogP contribution >= 0.6 is 0 Å². The van der Waals surface area contributed by atoms with Crippen LogP contribution in [0, 0.1) is 0 Å². The van der Waals surface area contributed by atoms with Gasteiger partial charge in [-0.2, -0.15) is 0 Å². The van der Waals surface area contributed by atoms with E-state index in [9.17, 15) is 29.4 Å². The van der Waals surface area contributed by atoms with Crippen molar-refractivity contribution < 1.29 is 34.5 Å². The molecule has 0 aliphatic heterocycles. The molecule has 0 saturated heterocycles. The fraction of sp³-hybridized carbons (Fsp3) is 0.273. The zero-order valence-electron chi connectivity index (χ0n) is 17.1. The number of nitrogens with one attached hydrogen (secondary N) is 2. The van der Waals surface area contributed by atoms with E-state index in [2.05, 4.69) is 10.6 Å². The van der Waals surface area contributed by atoms with Crippen molar-refractivity contribution in [2.45, 2.75) is 37.4 Å². The molecule has 3 unspecified atom stereocenters. The van der Waals surface area contributed by atoms with Crippen LogP contribution in [0.25, 0.3) is 0 Å². The van der Waals surface area contributed by atoms with Crippen molar-refractivity contribution in [3.63, 3.8) is 0 Å². The molecule has 10 nitrogen and oxygen atoms in total. The first-order chi connectivity index (χ1) is 15.2. The fourth-order valence-corrected chi connectivity index (χ4v) is 2.96. The van der Waals surface area contributed by atoms with Gasteiger partial charge >= 0.3 is 11.9 Å². The molecule has 0 spiro atoms. The number of aromatic hydroxyl groups is 1. The molecule has 2 aromatic rings. The molecule has 170 valence electrons. The van der Waals surface area contributed by atoms with Gasteiger partial charge in [-0.05, 0) is 29.7 Å². The minimum Gasteiger partial charge on any atom is -0.508 e. The molecule has 2 rings (SSSR count). The molecular formula is C22H25N3O7. The number of phenols is 1. The molecule has 0 aliphatic carbocycles. The number of hydrogen-bond acceptors (Lipinski definition) is 6. The van der Waals surface area contributed by atoms with Crippen molar-refractivity contribution in [2.24, 2.45) is 5.73 Å². The van der Waals surface area contributed by atoms with Crippen LogP contribution in [-0.4, -0.2) is 57.2 Å². The van der Waals surface area contributed by atoms with Crippen molar-refractivity contribution in [1.82, 2.24) is 10.6 Å². The van der Waals surface area contributed by atoms with Crippen LogP contribution in [0.15, 0.2) is 54.6 Å². The highest BCUT2D eigenvalue weighted by Crippen LogP contribution is 2.12. The molecule has 10 heteroatoms. The number of hydrogen-bond donors (Lipinski definition) is 6. The number of carbonyl (C=O) groups excluding carboxylic acids is 2. The van der Waals surface area contributed by atoms with Gasteiger partial charge in [0.1, 0.15) is 17.8 Å². The third-order valence-electron chi connectivity index (χ3n) is 4.64. The Morgan fingerprint density at radius 2 is 1.34 bits per heavy atom. The number of phenolic OH excluding ortho intramolecular Hbond substituents is 1. The molecule has 0 heterocycles. The molecule has 0 bridgehead atoms. The van der Waals surface area contributed by atoms with Crippen molar-refractivity contribution in [1.29, 1.82) is 0 Å². The van der Waals surface area contributed by atoms with Gasteiger partial charge in [0.05, 0.1) is 12.5 Å². The summed E-state index contributed by atoms with van der Waals surface area (Å²) in [6.45, 7) is 0. The van der Waals surface area contributed by atoms with Crippen molar-refractivity contribution in [3.8, 4) is 5.75 Å². The number of carboxylic acid groups (broad SMARTS) is 2. The van der Waals surface area contributed by atoms with E-state index < -0.39 is 48.3 Å². The summed E-state index contributed by atoms with van der Waals surface area (Å²) in [6.07, 6.45) is -0.684. The second-order valence-electron chi connectivity index (χ2n) is 7.23. The van der Waals surface area contributed by atoms with Gasteiger partial charge in [-0.25, -0.2) is 4.79 Å². The number of carboxylic acids is 2. The zero-order valence-corrected chi connectivity index (χ0v) is 17.1. The predicted octanol–water partition coefficient (Wildman–Crippen LogP) is 0.0336. The monoisotopic (exact) mass is 443 g/mol. The van der Waals surface area contributed by atoms with E-state index in [0.29, 0.717) is 5.56 Å². The smallest absolute Gasteiger partial charge is 0.326 e. The lowest BCUT2D eigenvalue weighted by Gasteiger charge is -2.22. The third kappa shape index (κ3) is 7.73. The summed E-state index contributed by atoms with van der Waals surface area (Å²) in [7, 11) is 0. The molecule has 0 aromatic heterocycles. The van der Waals surface area contributed by atoms with E-state index in [4.69, 9.17) is 10.8 Å². The second kappa shape index (κ2) is 11.5. The van der Waals surface area contributed by atoms with Gasteiger partial charge in [-0.3, -0.25) is 14.4 Å². The van der Waals surface area contributed by atoms with Crippen molar-refractivity contribution in [3.05, 3.63) is 65.7 Å². The molecular weight excluding hydrogens is 418 g/mol. The molecule has 2 amide bonds. The maximum Gasteiger partial charge on any atom is 0.326 e. The van der Waals surface area contributed by atoms with E-state index in [1.54, 1.807) is 30.3 Å². The second-order valence-corrected chi connectivity index (χ2v) is 7.23. The average molecular weight is 443 g/mol. The summed E-state index contributed by atoms with van der Waals surface area (Å²) in [5.41, 5.74) is 7.20. The van der Waals surface area contributed by atoms with E-state index >= 15 is 0 Å². The number of rotatable bonds is 11. The maximum atomic E-state index is 12.6. The highest BCUT2D eigenvalue weighted by Gasteiger charge is 2.29. The van der Waals surface area contributed by atoms with Crippen molar-refractivity contribution in [2.75, 3.05) is 0 Å². The Hall–Kier alpha value is -3.92. The molecule has 0 aliphatic rings. The van der Waals surface area contributed by atoms with Gasteiger partial charge in [-0.15, -0.1) is 0 Å². The topological polar surface area (TPSA) is 179 Å². The molecule has 3 atom stereocenters. The molecule has 0 fully saturated rings. The molecule has 0 radical (unpaired) electrons. The average Bonchev–Trinajstić information content (AvgIpc) is 2.74. The third-order valence-corrected chi connectivity index (χ3v) is 4.64. The Kier molecular flexibility index (Phi) is 8.72. The Morgan fingerprint density at radius 1 is 0.781 bits per heavy atom. The van der Waals surface area contributed by atoms with Gasteiger partial charge in [0.2, 0.25) is 11.8 Å². The molecule has 32 heavy (non-hydrogen) atoms. The van der Waals surface area contributed by atoms with Crippen molar-refractivity contribution >= 4 is 23.8 Å². The summed E-state index contributed by atoms with van der Waals surface area (Å²) in [6, 6.07) is 10.7. The van der Waals surface area contributed by atoms with Crippen LogP contribution < -0.4 is 16.4 Å². The van der Waals surface area contributed by atoms with E-state index in [-0.39, 0.29) is 18.6 Å². The molecule has 7 N–H and O–H groups in total. The molecule has 2 aromatic carbocycles.